The Morgan fingerprint density at radius 2 is 1.64 bits per heavy atom. The van der Waals surface area contributed by atoms with Crippen LogP contribution in [0.25, 0.3) is 0 Å². The van der Waals surface area contributed by atoms with Crippen LogP contribution in [0.4, 0.5) is 17.6 Å². The van der Waals surface area contributed by atoms with E-state index in [4.69, 9.17) is 0 Å². The zero-order valence-electron chi connectivity index (χ0n) is 24.6. The molecular formula is C35H43F4NO2. The molecule has 0 amide bonds. The van der Waals surface area contributed by atoms with Gasteiger partial charge in [-0.3, -0.25) is 0 Å². The van der Waals surface area contributed by atoms with Gasteiger partial charge in [0.05, 0.1) is 6.04 Å². The highest BCUT2D eigenvalue weighted by molar-refractivity contribution is 5.57. The molecule has 2 saturated carbocycles. The smallest absolute Gasteiger partial charge is 0.189 e. The molecule has 7 aliphatic rings. The van der Waals surface area contributed by atoms with E-state index in [-0.39, 0.29) is 16.9 Å². The van der Waals surface area contributed by atoms with Crippen LogP contribution in [-0.2, 0) is 0 Å². The average Bonchev–Trinajstić information content (AvgIpc) is 3.24. The van der Waals surface area contributed by atoms with E-state index >= 15 is 0 Å². The molecule has 3 nitrogen and oxygen atoms in total. The van der Waals surface area contributed by atoms with E-state index in [2.05, 4.69) is 43.1 Å². The predicted octanol–water partition coefficient (Wildman–Crippen LogP) is 7.65. The van der Waals surface area contributed by atoms with Crippen LogP contribution in [0, 0.1) is 29.1 Å². The van der Waals surface area contributed by atoms with Crippen LogP contribution in [0.2, 0.25) is 0 Å². The van der Waals surface area contributed by atoms with E-state index in [0.717, 1.165) is 32.1 Å². The lowest BCUT2D eigenvalue weighted by molar-refractivity contribution is -0.0127. The summed E-state index contributed by atoms with van der Waals surface area (Å²) < 4.78 is 57.3. The van der Waals surface area contributed by atoms with Crippen molar-refractivity contribution in [3.63, 3.8) is 0 Å². The number of alkyl halides is 2. The lowest BCUT2D eigenvalue weighted by Crippen LogP contribution is -2.60. The van der Waals surface area contributed by atoms with Gasteiger partial charge in [-0.05, 0) is 85.2 Å². The van der Waals surface area contributed by atoms with Gasteiger partial charge in [0.1, 0.15) is 12.2 Å². The number of fused-ring (bicyclic) bond motifs is 4. The van der Waals surface area contributed by atoms with Crippen molar-refractivity contribution in [1.82, 2.24) is 4.90 Å². The van der Waals surface area contributed by atoms with E-state index in [9.17, 15) is 27.8 Å². The number of aliphatic hydroxyl groups excluding tert-OH is 2. The minimum atomic E-state index is -2.80. The van der Waals surface area contributed by atoms with Crippen molar-refractivity contribution in [2.45, 2.75) is 115 Å². The third-order valence-corrected chi connectivity index (χ3v) is 11.8. The number of hydrogen-bond acceptors (Lipinski definition) is 3. The number of rotatable bonds is 2. The highest BCUT2D eigenvalue weighted by atomic mass is 19.2. The molecule has 7 heteroatoms. The molecule has 6 aliphatic carbocycles. The molecule has 1 saturated heterocycles. The second-order valence-corrected chi connectivity index (χ2v) is 14.3. The molecule has 228 valence electrons. The van der Waals surface area contributed by atoms with Gasteiger partial charge in [-0.25, -0.2) is 17.6 Å². The normalized spacial score (nSPS) is 42.6. The molecule has 2 N–H and O–H groups in total. The number of likely N-dealkylation sites (tertiary alicyclic amines) is 1. The maximum absolute atomic E-state index is 14.7. The Bertz CT molecular complexity index is 1320. The van der Waals surface area contributed by atoms with Crippen molar-refractivity contribution < 1.29 is 27.8 Å². The molecule has 0 aromatic rings. The topological polar surface area (TPSA) is 43.7 Å². The van der Waals surface area contributed by atoms with Gasteiger partial charge in [-0.2, -0.15) is 0 Å². The van der Waals surface area contributed by atoms with E-state index in [1.165, 1.54) is 43.4 Å². The van der Waals surface area contributed by atoms with Crippen LogP contribution < -0.4 is 0 Å². The maximum atomic E-state index is 14.7. The zero-order valence-corrected chi connectivity index (χ0v) is 24.6. The summed E-state index contributed by atoms with van der Waals surface area (Å²) in [4.78, 5) is 2.79. The van der Waals surface area contributed by atoms with Crippen LogP contribution in [0.5, 0.6) is 0 Å². The number of piperidine rings is 1. The number of halogens is 4. The monoisotopic (exact) mass is 585 g/mol. The highest BCUT2D eigenvalue weighted by Gasteiger charge is 2.55. The molecule has 9 atom stereocenters. The first-order valence-electron chi connectivity index (χ1n) is 16.1. The standard InChI is InChI=1S/C35H43F4NO2/c1-35(2)23-10-6-7-11-24(23)40(20-8-4-3-5-9-20)25-15-13-19-16-18(12-14-21(19)28(25)35)17-22-33(41)26-27(34(22)42)30(37)32(39)31(38)29(26)36/h10-11,13,15,17-21,25,28-29,31,33-34,41-42H,3-9,12,14,16H2,1-2H3/b22-17+. The third-order valence-electron chi connectivity index (χ3n) is 11.8. The van der Waals surface area contributed by atoms with E-state index < -0.39 is 47.4 Å². The second kappa shape index (κ2) is 10.5. The molecule has 0 radical (unpaired) electrons. The first-order valence-corrected chi connectivity index (χ1v) is 16.1. The molecule has 0 aromatic carbocycles. The van der Waals surface area contributed by atoms with Crippen molar-refractivity contribution in [1.29, 1.82) is 0 Å². The summed E-state index contributed by atoms with van der Waals surface area (Å²) >= 11 is 0. The Balaban J connectivity index is 1.17. The quantitative estimate of drug-likeness (QED) is 0.259. The van der Waals surface area contributed by atoms with Gasteiger partial charge >= 0.3 is 0 Å². The summed E-state index contributed by atoms with van der Waals surface area (Å²) in [6, 6.07) is 0.929. The molecule has 7 rings (SSSR count). The van der Waals surface area contributed by atoms with Crippen LogP contribution in [-0.4, -0.2) is 51.7 Å². The summed E-state index contributed by atoms with van der Waals surface area (Å²) in [5, 5.41) is 21.7. The van der Waals surface area contributed by atoms with Gasteiger partial charge in [-0.15, -0.1) is 0 Å². The number of nitrogens with zero attached hydrogens (tertiary/aromatic N) is 1. The Morgan fingerprint density at radius 1 is 0.905 bits per heavy atom. The molecule has 9 unspecified atom stereocenters. The third kappa shape index (κ3) is 4.19. The maximum Gasteiger partial charge on any atom is 0.189 e. The summed E-state index contributed by atoms with van der Waals surface area (Å²) in [7, 11) is 0. The average molecular weight is 586 g/mol. The number of aliphatic hydroxyl groups is 2. The molecule has 1 heterocycles. The summed E-state index contributed by atoms with van der Waals surface area (Å²) in [5.74, 6) is -2.22. The molecule has 0 bridgehead atoms. The van der Waals surface area contributed by atoms with Crippen molar-refractivity contribution >= 4 is 0 Å². The van der Waals surface area contributed by atoms with Crippen LogP contribution in [0.3, 0.4) is 0 Å². The Labute approximate surface area is 246 Å². The van der Waals surface area contributed by atoms with Crippen molar-refractivity contribution in [3.05, 3.63) is 70.0 Å². The molecule has 42 heavy (non-hydrogen) atoms. The molecular weight excluding hydrogens is 542 g/mol. The van der Waals surface area contributed by atoms with E-state index in [0.29, 0.717) is 29.8 Å². The van der Waals surface area contributed by atoms with Crippen molar-refractivity contribution in [2.75, 3.05) is 0 Å². The summed E-state index contributed by atoms with van der Waals surface area (Å²) in [6.07, 6.45) is 14.1. The van der Waals surface area contributed by atoms with Crippen LogP contribution >= 0.6 is 0 Å². The van der Waals surface area contributed by atoms with Crippen LogP contribution in [0.1, 0.15) is 78.1 Å². The van der Waals surface area contributed by atoms with Gasteiger partial charge in [0.25, 0.3) is 0 Å². The van der Waals surface area contributed by atoms with Gasteiger partial charge in [0.2, 0.25) is 0 Å². The molecule has 0 spiro atoms. The lowest BCUT2D eigenvalue weighted by atomic mass is 9.52. The lowest BCUT2D eigenvalue weighted by Gasteiger charge is -2.61. The first kappa shape index (κ1) is 28.6. The van der Waals surface area contributed by atoms with Gasteiger partial charge in [-0.1, -0.05) is 63.5 Å². The SMILES string of the molecule is CC1(C)C2=CCCC=C2N(C2CCCCC2)C2C=CC3CC(/C=C4/C(O)C5=C(C4O)C(F)C(F)C(F)=C5F)CCC3C21. The fraction of sp³-hybridized carbons (Fsp3) is 0.657. The summed E-state index contributed by atoms with van der Waals surface area (Å²) in [5.41, 5.74) is 1.81. The largest absolute Gasteiger partial charge is 0.384 e. The first-order chi connectivity index (χ1) is 20.1. The molecule has 0 aromatic heterocycles. The zero-order chi connectivity index (χ0) is 29.5. The second-order valence-electron chi connectivity index (χ2n) is 14.3. The van der Waals surface area contributed by atoms with E-state index in [1.54, 1.807) is 6.08 Å². The highest BCUT2D eigenvalue weighted by Crippen LogP contribution is 2.59. The Morgan fingerprint density at radius 3 is 2.40 bits per heavy atom. The number of allylic oxidation sites excluding steroid dienone is 6. The van der Waals surface area contributed by atoms with Crippen molar-refractivity contribution in [2.24, 2.45) is 29.1 Å². The Kier molecular flexibility index (Phi) is 7.16. The van der Waals surface area contributed by atoms with Gasteiger partial charge < -0.3 is 15.1 Å². The fourth-order valence-electron chi connectivity index (χ4n) is 9.92. The van der Waals surface area contributed by atoms with Crippen molar-refractivity contribution in [3.8, 4) is 0 Å². The predicted molar refractivity (Wildman–Crippen MR) is 155 cm³/mol. The minimum absolute atomic E-state index is 0.0188. The Hall–Kier alpha value is -2.12. The minimum Gasteiger partial charge on any atom is -0.384 e. The molecule has 1 aliphatic heterocycles. The van der Waals surface area contributed by atoms with Gasteiger partial charge in [0, 0.05) is 22.9 Å². The van der Waals surface area contributed by atoms with E-state index in [1.807, 2.05) is 0 Å². The fourth-order valence-corrected chi connectivity index (χ4v) is 9.92. The molecule has 3 fully saturated rings. The van der Waals surface area contributed by atoms with Crippen LogP contribution in [0.15, 0.2) is 70.0 Å². The van der Waals surface area contributed by atoms with Gasteiger partial charge in [0.15, 0.2) is 24.0 Å². The number of hydrogen-bond donors (Lipinski definition) is 2. The summed E-state index contributed by atoms with van der Waals surface area (Å²) in [6.45, 7) is 4.85.